The summed E-state index contributed by atoms with van der Waals surface area (Å²) >= 11 is 1.74. The van der Waals surface area contributed by atoms with Crippen molar-refractivity contribution in [1.82, 2.24) is 10.2 Å². The van der Waals surface area contributed by atoms with Crippen LogP contribution in [0.25, 0.3) is 11.5 Å². The third kappa shape index (κ3) is 4.58. The summed E-state index contributed by atoms with van der Waals surface area (Å²) in [5.74, 6) is 1.93. The van der Waals surface area contributed by atoms with Gasteiger partial charge in [-0.05, 0) is 36.4 Å². The molecule has 2 aromatic carbocycles. The Morgan fingerprint density at radius 2 is 1.78 bits per heavy atom. The molecule has 6 heteroatoms. The molecule has 1 aromatic heterocycles. The lowest BCUT2D eigenvalue weighted by molar-refractivity contribution is 0.117. The van der Waals surface area contributed by atoms with Crippen molar-refractivity contribution in [2.75, 3.05) is 12.4 Å². The highest BCUT2D eigenvalue weighted by atomic mass is 32.2. The van der Waals surface area contributed by atoms with Crippen LogP contribution in [-0.2, 0) is 11.3 Å². The molecule has 0 radical (unpaired) electrons. The number of hydrogen-bond acceptors (Lipinski definition) is 6. The molecule has 118 valence electrons. The van der Waals surface area contributed by atoms with Crippen LogP contribution in [0.2, 0.25) is 0 Å². The fraction of sp³-hybridized carbons (Fsp3) is 0.176. The van der Waals surface area contributed by atoms with Gasteiger partial charge >= 0.3 is 0 Å². The molecule has 5 nitrogen and oxygen atoms in total. The Morgan fingerprint density at radius 1 is 1.00 bits per heavy atom. The lowest BCUT2D eigenvalue weighted by Crippen LogP contribution is -1.98. The van der Waals surface area contributed by atoms with Gasteiger partial charge in [0.15, 0.2) is 0 Å². The summed E-state index contributed by atoms with van der Waals surface area (Å²) in [4.78, 5) is 1.23. The highest BCUT2D eigenvalue weighted by Gasteiger charge is 2.08. The molecule has 3 rings (SSSR count). The first-order valence-electron chi connectivity index (χ1n) is 7.18. The average molecular weight is 328 g/mol. The van der Waals surface area contributed by atoms with E-state index in [1.807, 2.05) is 18.2 Å². The summed E-state index contributed by atoms with van der Waals surface area (Å²) in [7, 11) is 0. The molecule has 0 bridgehead atoms. The van der Waals surface area contributed by atoms with Crippen LogP contribution in [0.3, 0.4) is 0 Å². The van der Waals surface area contributed by atoms with Crippen molar-refractivity contribution in [1.29, 1.82) is 0 Å². The zero-order valence-electron chi connectivity index (χ0n) is 12.4. The van der Waals surface area contributed by atoms with E-state index in [9.17, 15) is 5.11 Å². The van der Waals surface area contributed by atoms with Crippen molar-refractivity contribution in [3.05, 3.63) is 60.5 Å². The molecule has 1 N–H and O–H groups in total. The maximum atomic E-state index is 9.27. The number of phenolic OH excluding ortho intramolecular Hbond substituents is 1. The van der Waals surface area contributed by atoms with Gasteiger partial charge in [-0.2, -0.15) is 0 Å². The van der Waals surface area contributed by atoms with Crippen molar-refractivity contribution in [2.45, 2.75) is 11.5 Å². The monoisotopic (exact) mass is 328 g/mol. The van der Waals surface area contributed by atoms with Crippen LogP contribution in [0.15, 0.2) is 63.9 Å². The van der Waals surface area contributed by atoms with Crippen LogP contribution in [0.5, 0.6) is 5.75 Å². The molecule has 0 saturated heterocycles. The smallest absolute Gasteiger partial charge is 0.247 e. The number of aromatic nitrogens is 2. The van der Waals surface area contributed by atoms with E-state index in [-0.39, 0.29) is 5.75 Å². The second-order valence-corrected chi connectivity index (χ2v) is 5.93. The normalized spacial score (nSPS) is 10.8. The molecule has 1 heterocycles. The maximum Gasteiger partial charge on any atom is 0.247 e. The molecule has 3 aromatic rings. The summed E-state index contributed by atoms with van der Waals surface area (Å²) in [6.07, 6.45) is 0. The van der Waals surface area contributed by atoms with Crippen molar-refractivity contribution < 1.29 is 14.3 Å². The first-order valence-corrected chi connectivity index (χ1v) is 8.17. The van der Waals surface area contributed by atoms with E-state index in [2.05, 4.69) is 22.3 Å². The molecule has 0 aliphatic carbocycles. The van der Waals surface area contributed by atoms with Gasteiger partial charge in [-0.1, -0.05) is 18.2 Å². The number of hydrogen-bond donors (Lipinski definition) is 1. The Kier molecular flexibility index (Phi) is 5.29. The van der Waals surface area contributed by atoms with Gasteiger partial charge in [0.1, 0.15) is 12.4 Å². The van der Waals surface area contributed by atoms with Gasteiger partial charge in [-0.25, -0.2) is 0 Å². The highest BCUT2D eigenvalue weighted by molar-refractivity contribution is 7.99. The minimum absolute atomic E-state index is 0.202. The van der Waals surface area contributed by atoms with Gasteiger partial charge < -0.3 is 14.3 Å². The van der Waals surface area contributed by atoms with E-state index < -0.39 is 0 Å². The van der Waals surface area contributed by atoms with Crippen LogP contribution in [0.1, 0.15) is 5.89 Å². The first-order chi connectivity index (χ1) is 11.3. The number of thioether (sulfide) groups is 1. The maximum absolute atomic E-state index is 9.27. The number of nitrogens with zero attached hydrogens (tertiary/aromatic N) is 2. The Morgan fingerprint density at radius 3 is 2.57 bits per heavy atom. The molecule has 0 aliphatic rings. The summed E-state index contributed by atoms with van der Waals surface area (Å²) < 4.78 is 11.1. The van der Waals surface area contributed by atoms with E-state index in [1.54, 1.807) is 36.0 Å². The van der Waals surface area contributed by atoms with Crippen molar-refractivity contribution in [3.63, 3.8) is 0 Å². The lowest BCUT2D eigenvalue weighted by Gasteiger charge is -2.01. The largest absolute Gasteiger partial charge is 0.508 e. The van der Waals surface area contributed by atoms with E-state index in [0.717, 1.165) is 11.3 Å². The van der Waals surface area contributed by atoms with Gasteiger partial charge in [0, 0.05) is 16.2 Å². The van der Waals surface area contributed by atoms with Crippen LogP contribution in [0.4, 0.5) is 0 Å². The molecule has 23 heavy (non-hydrogen) atoms. The topological polar surface area (TPSA) is 68.4 Å². The predicted molar refractivity (Wildman–Crippen MR) is 88.2 cm³/mol. The fourth-order valence-electron chi connectivity index (χ4n) is 1.93. The third-order valence-corrected chi connectivity index (χ3v) is 4.02. The quantitative estimate of drug-likeness (QED) is 0.526. The van der Waals surface area contributed by atoms with Gasteiger partial charge in [0.05, 0.1) is 6.61 Å². The zero-order chi connectivity index (χ0) is 15.9. The van der Waals surface area contributed by atoms with Crippen molar-refractivity contribution >= 4 is 11.8 Å². The number of aromatic hydroxyl groups is 1. The van der Waals surface area contributed by atoms with Crippen molar-refractivity contribution in [2.24, 2.45) is 0 Å². The molecular weight excluding hydrogens is 312 g/mol. The van der Waals surface area contributed by atoms with Gasteiger partial charge in [-0.3, -0.25) is 0 Å². The van der Waals surface area contributed by atoms with Gasteiger partial charge in [0.2, 0.25) is 11.8 Å². The summed E-state index contributed by atoms with van der Waals surface area (Å²) in [6, 6.07) is 16.8. The summed E-state index contributed by atoms with van der Waals surface area (Å²) in [6.45, 7) is 0.900. The Balaban J connectivity index is 1.43. The van der Waals surface area contributed by atoms with Crippen LogP contribution >= 0.6 is 11.8 Å². The minimum Gasteiger partial charge on any atom is -0.508 e. The third-order valence-electron chi connectivity index (χ3n) is 3.05. The predicted octanol–water partition coefficient (Wildman–Crippen LogP) is 3.75. The number of rotatable bonds is 7. The SMILES string of the molecule is Oc1ccc(-c2nnc(COCCSc3ccccc3)o2)cc1. The van der Waals surface area contributed by atoms with Crippen LogP contribution in [-0.4, -0.2) is 27.7 Å². The van der Waals surface area contributed by atoms with E-state index in [4.69, 9.17) is 9.15 Å². The Hall–Kier alpha value is -2.31. The van der Waals surface area contributed by atoms with Crippen LogP contribution in [0, 0.1) is 0 Å². The van der Waals surface area contributed by atoms with Gasteiger partial charge in [-0.15, -0.1) is 22.0 Å². The first kappa shape index (κ1) is 15.6. The minimum atomic E-state index is 0.202. The summed E-state index contributed by atoms with van der Waals surface area (Å²) in [5, 5.41) is 17.2. The molecule has 0 aliphatic heterocycles. The molecular formula is C17H16N2O3S. The van der Waals surface area contributed by atoms with Crippen molar-refractivity contribution in [3.8, 4) is 17.2 Å². The molecule has 0 saturated carbocycles. The van der Waals surface area contributed by atoms with Gasteiger partial charge in [0.25, 0.3) is 0 Å². The Bertz CT molecular complexity index is 729. The standard InChI is InChI=1S/C17H16N2O3S/c20-14-8-6-13(7-9-14)17-19-18-16(22-17)12-21-10-11-23-15-4-2-1-3-5-15/h1-9,20H,10-12H2. The number of phenols is 1. The number of benzene rings is 2. The van der Waals surface area contributed by atoms with E-state index in [0.29, 0.717) is 25.0 Å². The zero-order valence-corrected chi connectivity index (χ0v) is 13.2. The average Bonchev–Trinajstić information content (AvgIpc) is 3.05. The highest BCUT2D eigenvalue weighted by Crippen LogP contribution is 2.21. The summed E-state index contributed by atoms with van der Waals surface area (Å²) in [5.41, 5.74) is 0.765. The molecule has 0 amide bonds. The lowest BCUT2D eigenvalue weighted by atomic mass is 10.2. The fourth-order valence-corrected chi connectivity index (χ4v) is 2.71. The van der Waals surface area contributed by atoms with E-state index in [1.165, 1.54) is 4.90 Å². The second-order valence-electron chi connectivity index (χ2n) is 4.76. The van der Waals surface area contributed by atoms with E-state index >= 15 is 0 Å². The number of ether oxygens (including phenoxy) is 1. The Labute approximate surface area is 138 Å². The molecule has 0 atom stereocenters. The molecule has 0 spiro atoms. The van der Waals surface area contributed by atoms with Crippen LogP contribution < -0.4 is 0 Å². The molecule has 0 unspecified atom stereocenters. The second kappa shape index (κ2) is 7.80. The molecule has 0 fully saturated rings.